The summed E-state index contributed by atoms with van der Waals surface area (Å²) in [6.45, 7) is 0. The van der Waals surface area contributed by atoms with Crippen LogP contribution in [0.2, 0.25) is 0 Å². The first-order chi connectivity index (χ1) is 10.9. The molecule has 0 saturated carbocycles. The predicted octanol–water partition coefficient (Wildman–Crippen LogP) is 0.136. The average Bonchev–Trinajstić information content (AvgIpc) is 2.92. The molecule has 0 bridgehead atoms. The van der Waals surface area contributed by atoms with Crippen LogP contribution in [0.15, 0.2) is 29.4 Å². The minimum absolute atomic E-state index is 0.421. The Morgan fingerprint density at radius 1 is 1.21 bits per heavy atom. The molecule has 14 heteroatoms. The fourth-order valence-corrected chi connectivity index (χ4v) is 4.52. The van der Waals surface area contributed by atoms with Gasteiger partial charge in [0.1, 0.15) is 11.3 Å². The number of ketones is 1. The molecule has 1 heterocycles. The highest BCUT2D eigenvalue weighted by atomic mass is 31.2. The first-order valence-corrected chi connectivity index (χ1v) is 9.36. The zero-order valence-corrected chi connectivity index (χ0v) is 13.4. The number of carbonyl (C=O) groups excluding carboxylic acids is 1. The number of hydrazone groups is 1. The van der Waals surface area contributed by atoms with Crippen molar-refractivity contribution >= 4 is 32.4 Å². The van der Waals surface area contributed by atoms with E-state index in [-0.39, 0.29) is 0 Å². The highest BCUT2D eigenvalue weighted by molar-refractivity contribution is 7.72. The van der Waals surface area contributed by atoms with Gasteiger partial charge in [0.05, 0.1) is 4.92 Å². The van der Waals surface area contributed by atoms with E-state index in [4.69, 9.17) is 0 Å². The quantitative estimate of drug-likeness (QED) is 0.203. The van der Waals surface area contributed by atoms with E-state index in [1.54, 1.807) is 5.43 Å². The molecule has 24 heavy (non-hydrogen) atoms. The lowest BCUT2D eigenvalue weighted by Gasteiger charge is -2.29. The second-order valence-electron chi connectivity index (χ2n) is 4.86. The van der Waals surface area contributed by atoms with Crippen molar-refractivity contribution in [1.29, 1.82) is 0 Å². The first-order valence-electron chi connectivity index (χ1n) is 6.14. The van der Waals surface area contributed by atoms with Gasteiger partial charge in [0, 0.05) is 12.5 Å². The molecule has 2 rings (SSSR count). The van der Waals surface area contributed by atoms with Crippen LogP contribution in [0.4, 0.5) is 5.69 Å². The Bertz CT molecular complexity index is 818. The van der Waals surface area contributed by atoms with Crippen molar-refractivity contribution in [3.05, 3.63) is 39.9 Å². The first kappa shape index (κ1) is 18.4. The molecule has 0 unspecified atom stereocenters. The lowest BCUT2D eigenvalue weighted by molar-refractivity contribution is -0.385. The van der Waals surface area contributed by atoms with Crippen molar-refractivity contribution in [2.24, 2.45) is 5.10 Å². The van der Waals surface area contributed by atoms with Gasteiger partial charge in [-0.15, -0.1) is 0 Å². The standard InChI is InChI=1S/C10H11N3O9P2/c14-9(6-3-1-2-4-8(6)13(15)16)7-5-10(12-11-7,23(17,18)19)24(20,21)22/h1-4,12H,5H2,(H2,17,18,19)(H2,20,21,22). The molecule has 0 atom stereocenters. The number of hydrogen-bond donors (Lipinski definition) is 5. The van der Waals surface area contributed by atoms with Crippen LogP contribution in [-0.2, 0) is 9.13 Å². The molecule has 0 spiro atoms. The Morgan fingerprint density at radius 2 is 1.75 bits per heavy atom. The van der Waals surface area contributed by atoms with Crippen LogP contribution in [0.3, 0.4) is 0 Å². The summed E-state index contributed by atoms with van der Waals surface area (Å²) < 4.78 is 23.1. The fraction of sp³-hybridized carbons (Fsp3) is 0.200. The maximum Gasteiger partial charge on any atom is 0.365 e. The number of benzene rings is 1. The summed E-state index contributed by atoms with van der Waals surface area (Å²) in [7, 11) is -10.9. The summed E-state index contributed by atoms with van der Waals surface area (Å²) >= 11 is 0. The second kappa shape index (κ2) is 5.85. The number of hydrogen-bond acceptors (Lipinski definition) is 7. The van der Waals surface area contributed by atoms with Gasteiger partial charge in [-0.3, -0.25) is 29.5 Å². The third kappa shape index (κ3) is 2.91. The minimum atomic E-state index is -5.44. The molecule has 130 valence electrons. The van der Waals surface area contributed by atoms with Crippen LogP contribution in [0, 0.1) is 10.1 Å². The van der Waals surface area contributed by atoms with Crippen LogP contribution in [0.25, 0.3) is 0 Å². The van der Waals surface area contributed by atoms with Gasteiger partial charge in [0.15, 0.2) is 0 Å². The Morgan fingerprint density at radius 3 is 2.21 bits per heavy atom. The number of nitro groups is 1. The van der Waals surface area contributed by atoms with Crippen molar-refractivity contribution in [2.45, 2.75) is 11.4 Å². The SMILES string of the molecule is O=C(C1=NNC(P(=O)(O)O)(P(=O)(O)O)C1)c1ccccc1[N+](=O)[O-]. The maximum atomic E-state index is 12.3. The third-order valence-electron chi connectivity index (χ3n) is 3.36. The van der Waals surface area contributed by atoms with Crippen molar-refractivity contribution < 1.29 is 38.4 Å². The van der Waals surface area contributed by atoms with Crippen LogP contribution < -0.4 is 5.43 Å². The van der Waals surface area contributed by atoms with Gasteiger partial charge in [-0.25, -0.2) is 0 Å². The van der Waals surface area contributed by atoms with Crippen LogP contribution in [0.5, 0.6) is 0 Å². The van der Waals surface area contributed by atoms with E-state index < -0.39 is 54.3 Å². The number of rotatable bonds is 5. The highest BCUT2D eigenvalue weighted by Gasteiger charge is 2.64. The zero-order chi connectivity index (χ0) is 18.3. The van der Waals surface area contributed by atoms with E-state index in [9.17, 15) is 43.6 Å². The monoisotopic (exact) mass is 379 g/mol. The Labute approximate surface area is 133 Å². The number of carbonyl (C=O) groups is 1. The third-order valence-corrected chi connectivity index (χ3v) is 7.36. The lowest BCUT2D eigenvalue weighted by atomic mass is 10.0. The summed E-state index contributed by atoms with van der Waals surface area (Å²) in [4.78, 5) is 59.6. The molecular weight excluding hydrogens is 368 g/mol. The summed E-state index contributed by atoms with van der Waals surface area (Å²) in [5.41, 5.74) is 0.0328. The Kier molecular flexibility index (Phi) is 4.49. The van der Waals surface area contributed by atoms with Crippen molar-refractivity contribution in [2.75, 3.05) is 0 Å². The smallest absolute Gasteiger partial charge is 0.322 e. The van der Waals surface area contributed by atoms with Gasteiger partial charge in [0.2, 0.25) is 5.78 Å². The molecule has 12 nitrogen and oxygen atoms in total. The summed E-state index contributed by atoms with van der Waals surface area (Å²) in [5.74, 6) is -1.07. The molecule has 1 aliphatic rings. The van der Waals surface area contributed by atoms with Gasteiger partial charge in [-0.1, -0.05) is 12.1 Å². The minimum Gasteiger partial charge on any atom is -0.322 e. The summed E-state index contributed by atoms with van der Waals surface area (Å²) in [6, 6.07) is 4.76. The molecule has 0 saturated heterocycles. The molecular formula is C10H11N3O9P2. The highest BCUT2D eigenvalue weighted by Crippen LogP contribution is 2.70. The zero-order valence-electron chi connectivity index (χ0n) is 11.6. The summed E-state index contributed by atoms with van der Waals surface area (Å²) in [5, 5.41) is 11.2. The van der Waals surface area contributed by atoms with Gasteiger partial charge in [-0.05, 0) is 6.07 Å². The molecule has 1 aliphatic heterocycles. The molecule has 0 aliphatic carbocycles. The van der Waals surface area contributed by atoms with E-state index in [1.165, 1.54) is 12.1 Å². The van der Waals surface area contributed by atoms with E-state index >= 15 is 0 Å². The van der Waals surface area contributed by atoms with Gasteiger partial charge in [-0.2, -0.15) is 5.10 Å². The van der Waals surface area contributed by atoms with Crippen molar-refractivity contribution in [3.63, 3.8) is 0 Å². The number of nitro benzene ring substituents is 1. The van der Waals surface area contributed by atoms with E-state index in [1.807, 2.05) is 0 Å². The number of nitrogens with one attached hydrogen (secondary N) is 1. The number of Topliss-reactive ketones (excluding diaryl/α,β-unsaturated/α-hetero) is 1. The van der Waals surface area contributed by atoms with E-state index in [2.05, 4.69) is 5.10 Å². The molecule has 5 N–H and O–H groups in total. The van der Waals surface area contributed by atoms with Crippen LogP contribution in [0.1, 0.15) is 16.8 Å². The molecule has 0 amide bonds. The number of para-hydroxylation sites is 1. The maximum absolute atomic E-state index is 12.3. The van der Waals surface area contributed by atoms with Crippen molar-refractivity contribution in [3.8, 4) is 0 Å². The predicted molar refractivity (Wildman–Crippen MR) is 79.4 cm³/mol. The topological polar surface area (TPSA) is 200 Å². The Balaban J connectivity index is 2.44. The number of nitrogens with zero attached hydrogens (tertiary/aromatic N) is 2. The van der Waals surface area contributed by atoms with Gasteiger partial charge in [0.25, 0.3) is 10.7 Å². The molecule has 1 aromatic rings. The fourth-order valence-electron chi connectivity index (χ4n) is 2.09. The average molecular weight is 379 g/mol. The van der Waals surface area contributed by atoms with Crippen molar-refractivity contribution in [1.82, 2.24) is 5.43 Å². The molecule has 0 fully saturated rings. The van der Waals surface area contributed by atoms with Crippen LogP contribution >= 0.6 is 15.2 Å². The molecule has 1 aromatic carbocycles. The van der Waals surface area contributed by atoms with Gasteiger partial charge < -0.3 is 19.6 Å². The van der Waals surface area contributed by atoms with E-state index in [0.29, 0.717) is 0 Å². The van der Waals surface area contributed by atoms with Gasteiger partial charge >= 0.3 is 15.2 Å². The molecule has 0 radical (unpaired) electrons. The normalized spacial score (nSPS) is 17.1. The second-order valence-corrected chi connectivity index (χ2v) is 8.91. The largest absolute Gasteiger partial charge is 0.365 e. The Hall–Kier alpha value is -1.94. The lowest BCUT2D eigenvalue weighted by Crippen LogP contribution is -2.39. The van der Waals surface area contributed by atoms with E-state index in [0.717, 1.165) is 12.1 Å². The van der Waals surface area contributed by atoms with Crippen LogP contribution in [-0.4, -0.2) is 41.0 Å². The summed E-state index contributed by atoms with van der Waals surface area (Å²) in [6.07, 6.45) is -1.09. The molecule has 0 aromatic heterocycles.